The normalized spacial score (nSPS) is 15.6. The molecule has 0 atom stereocenters. The number of esters is 1. The van der Waals surface area contributed by atoms with Crippen LogP contribution in [0.15, 0.2) is 36.5 Å². The number of nitrogens with one attached hydrogen (secondary N) is 1. The van der Waals surface area contributed by atoms with Crippen LogP contribution in [0.25, 0.3) is 0 Å². The molecular formula is C26H32N4O5. The molecule has 35 heavy (non-hydrogen) atoms. The number of hydrogen-bond acceptors (Lipinski definition) is 7. The van der Waals surface area contributed by atoms with Gasteiger partial charge in [-0.25, -0.2) is 9.78 Å². The summed E-state index contributed by atoms with van der Waals surface area (Å²) >= 11 is 0. The third-order valence-electron chi connectivity index (χ3n) is 6.21. The lowest BCUT2D eigenvalue weighted by atomic mass is 10.0. The Bertz CT molecular complexity index is 1060. The number of nitrogens with zero attached hydrogens (tertiary/aromatic N) is 3. The van der Waals surface area contributed by atoms with E-state index in [1.807, 2.05) is 29.2 Å². The van der Waals surface area contributed by atoms with Gasteiger partial charge in [0.15, 0.2) is 0 Å². The minimum absolute atomic E-state index is 0.0458. The number of benzene rings is 1. The zero-order valence-electron chi connectivity index (χ0n) is 20.1. The number of aryl methyl sites for hydroxylation is 1. The lowest BCUT2D eigenvalue weighted by Gasteiger charge is -2.23. The highest BCUT2D eigenvalue weighted by molar-refractivity contribution is 5.94. The Balaban J connectivity index is 1.20. The summed E-state index contributed by atoms with van der Waals surface area (Å²) in [5.41, 5.74) is 2.37. The molecule has 3 heterocycles. The number of pyridine rings is 1. The Morgan fingerprint density at radius 1 is 1.09 bits per heavy atom. The van der Waals surface area contributed by atoms with Crippen molar-refractivity contribution < 1.29 is 23.9 Å². The van der Waals surface area contributed by atoms with Crippen LogP contribution in [0.5, 0.6) is 5.75 Å². The second-order valence-electron chi connectivity index (χ2n) is 8.67. The Labute approximate surface area is 205 Å². The fourth-order valence-electron chi connectivity index (χ4n) is 4.33. The molecule has 1 N–H and O–H groups in total. The molecule has 1 saturated heterocycles. The van der Waals surface area contributed by atoms with Gasteiger partial charge in [0.25, 0.3) is 0 Å². The molecular weight excluding hydrogens is 448 g/mol. The molecule has 0 bridgehead atoms. The molecule has 2 aliphatic heterocycles. The van der Waals surface area contributed by atoms with Crippen molar-refractivity contribution in [3.05, 3.63) is 47.7 Å². The summed E-state index contributed by atoms with van der Waals surface area (Å²) in [6.45, 7) is 5.42. The van der Waals surface area contributed by atoms with E-state index in [2.05, 4.69) is 15.2 Å². The van der Waals surface area contributed by atoms with Gasteiger partial charge in [0, 0.05) is 50.9 Å². The molecule has 4 rings (SSSR count). The van der Waals surface area contributed by atoms with Crippen LogP contribution in [0, 0.1) is 0 Å². The molecule has 1 aromatic carbocycles. The molecule has 0 aliphatic carbocycles. The third-order valence-corrected chi connectivity index (χ3v) is 6.21. The summed E-state index contributed by atoms with van der Waals surface area (Å²) in [6, 6.07) is 9.24. The molecule has 0 radical (unpaired) electrons. The Morgan fingerprint density at radius 2 is 1.97 bits per heavy atom. The van der Waals surface area contributed by atoms with Gasteiger partial charge in [-0.15, -0.1) is 0 Å². The number of carbonyl (C=O) groups excluding carboxylic acids is 3. The average Bonchev–Trinajstić information content (AvgIpc) is 3.13. The minimum atomic E-state index is -0.372. The predicted molar refractivity (Wildman–Crippen MR) is 132 cm³/mol. The first kappa shape index (κ1) is 24.5. The van der Waals surface area contributed by atoms with E-state index in [9.17, 15) is 14.4 Å². The molecule has 1 fully saturated rings. The summed E-state index contributed by atoms with van der Waals surface area (Å²) in [7, 11) is 0. The van der Waals surface area contributed by atoms with E-state index in [0.717, 1.165) is 35.8 Å². The summed E-state index contributed by atoms with van der Waals surface area (Å²) < 4.78 is 10.9. The van der Waals surface area contributed by atoms with Crippen molar-refractivity contribution in [1.29, 1.82) is 0 Å². The molecule has 2 aromatic rings. The number of aromatic nitrogens is 1. The van der Waals surface area contributed by atoms with Crippen molar-refractivity contribution in [3.8, 4) is 5.75 Å². The fourth-order valence-corrected chi connectivity index (χ4v) is 4.33. The number of hydrogen-bond donors (Lipinski definition) is 1. The first-order valence-corrected chi connectivity index (χ1v) is 12.2. The Kier molecular flexibility index (Phi) is 8.18. The Hall–Kier alpha value is -3.62. The largest absolute Gasteiger partial charge is 0.494 e. The highest BCUT2D eigenvalue weighted by Gasteiger charge is 2.20. The second kappa shape index (κ2) is 11.7. The number of carbonyl (C=O) groups is 3. The molecule has 2 amide bonds. The van der Waals surface area contributed by atoms with E-state index < -0.39 is 0 Å². The summed E-state index contributed by atoms with van der Waals surface area (Å²) in [6.07, 6.45) is 4.69. The van der Waals surface area contributed by atoms with E-state index >= 15 is 0 Å². The van der Waals surface area contributed by atoms with Crippen molar-refractivity contribution in [2.45, 2.75) is 39.0 Å². The monoisotopic (exact) mass is 480 g/mol. The van der Waals surface area contributed by atoms with Crippen LogP contribution in [0.2, 0.25) is 0 Å². The van der Waals surface area contributed by atoms with Crippen LogP contribution < -0.4 is 15.0 Å². The maximum absolute atomic E-state index is 12.8. The number of amides is 2. The number of fused-ring (bicyclic) bond motifs is 1. The van der Waals surface area contributed by atoms with Crippen LogP contribution >= 0.6 is 0 Å². The average molecular weight is 481 g/mol. The maximum atomic E-state index is 12.8. The van der Waals surface area contributed by atoms with Crippen LogP contribution in [0.1, 0.15) is 48.5 Å². The SMILES string of the molecule is CCOC(=O)c1ccc(N2CCCN(C(=O)CCCOc3ccc4c(c3)CCC(=O)N4)CC2)nc1. The highest BCUT2D eigenvalue weighted by atomic mass is 16.5. The van der Waals surface area contributed by atoms with Gasteiger partial charge in [-0.05, 0) is 62.1 Å². The number of ether oxygens (including phenoxy) is 2. The smallest absolute Gasteiger partial charge is 0.339 e. The van der Waals surface area contributed by atoms with Gasteiger partial charge in [0.1, 0.15) is 11.6 Å². The van der Waals surface area contributed by atoms with Crippen LogP contribution in [0.3, 0.4) is 0 Å². The van der Waals surface area contributed by atoms with Gasteiger partial charge in [0.2, 0.25) is 11.8 Å². The standard InChI is InChI=1S/C26H32N4O5/c1-2-34-26(33)20-6-10-23(27-18-20)29-12-4-13-30(15-14-29)25(32)5-3-16-35-21-8-9-22-19(17-21)7-11-24(31)28-22/h6,8-10,17-18H,2-5,7,11-16H2,1H3,(H,28,31). The first-order valence-electron chi connectivity index (χ1n) is 12.2. The molecule has 9 heteroatoms. The van der Waals surface area contributed by atoms with Gasteiger partial charge in [-0.2, -0.15) is 0 Å². The predicted octanol–water partition coefficient (Wildman–Crippen LogP) is 3.04. The second-order valence-corrected chi connectivity index (χ2v) is 8.67. The van der Waals surface area contributed by atoms with E-state index in [-0.39, 0.29) is 17.8 Å². The van der Waals surface area contributed by atoms with Crippen LogP contribution in [0.4, 0.5) is 11.5 Å². The molecule has 186 valence electrons. The van der Waals surface area contributed by atoms with Crippen molar-refractivity contribution in [1.82, 2.24) is 9.88 Å². The van der Waals surface area contributed by atoms with Crippen LogP contribution in [-0.4, -0.2) is 67.1 Å². The molecule has 0 unspecified atom stereocenters. The zero-order chi connectivity index (χ0) is 24.6. The lowest BCUT2D eigenvalue weighted by Crippen LogP contribution is -2.35. The fraction of sp³-hybridized carbons (Fsp3) is 0.462. The molecule has 9 nitrogen and oxygen atoms in total. The molecule has 2 aliphatic rings. The van der Waals surface area contributed by atoms with Crippen molar-refractivity contribution in [3.63, 3.8) is 0 Å². The summed E-state index contributed by atoms with van der Waals surface area (Å²) in [5.74, 6) is 1.37. The maximum Gasteiger partial charge on any atom is 0.339 e. The van der Waals surface area contributed by atoms with E-state index in [4.69, 9.17) is 9.47 Å². The molecule has 0 saturated carbocycles. The van der Waals surface area contributed by atoms with Crippen molar-refractivity contribution in [2.24, 2.45) is 0 Å². The van der Waals surface area contributed by atoms with Gasteiger partial charge in [-0.3, -0.25) is 9.59 Å². The third kappa shape index (κ3) is 6.49. The minimum Gasteiger partial charge on any atom is -0.494 e. The first-order chi connectivity index (χ1) is 17.0. The van der Waals surface area contributed by atoms with E-state index in [1.54, 1.807) is 19.2 Å². The van der Waals surface area contributed by atoms with Crippen molar-refractivity contribution >= 4 is 29.3 Å². The van der Waals surface area contributed by atoms with E-state index in [0.29, 0.717) is 64.1 Å². The molecule has 1 aromatic heterocycles. The summed E-state index contributed by atoms with van der Waals surface area (Å²) in [5, 5.41) is 2.87. The zero-order valence-corrected chi connectivity index (χ0v) is 20.1. The van der Waals surface area contributed by atoms with Gasteiger partial charge >= 0.3 is 5.97 Å². The Morgan fingerprint density at radius 3 is 2.77 bits per heavy atom. The molecule has 0 spiro atoms. The van der Waals surface area contributed by atoms with Crippen LogP contribution in [-0.2, 0) is 20.7 Å². The lowest BCUT2D eigenvalue weighted by molar-refractivity contribution is -0.131. The topological polar surface area (TPSA) is 101 Å². The number of anilines is 2. The van der Waals surface area contributed by atoms with E-state index in [1.165, 1.54) is 0 Å². The quantitative estimate of drug-likeness (QED) is 0.458. The van der Waals surface area contributed by atoms with Gasteiger partial charge in [-0.1, -0.05) is 0 Å². The van der Waals surface area contributed by atoms with Gasteiger partial charge < -0.3 is 24.6 Å². The van der Waals surface area contributed by atoms with Crippen molar-refractivity contribution in [2.75, 3.05) is 49.6 Å². The number of rotatable bonds is 8. The van der Waals surface area contributed by atoms with Gasteiger partial charge in [0.05, 0.1) is 18.8 Å². The summed E-state index contributed by atoms with van der Waals surface area (Å²) in [4.78, 5) is 44.5. The highest BCUT2D eigenvalue weighted by Crippen LogP contribution is 2.27.